The number of anilines is 2. The van der Waals surface area contributed by atoms with E-state index in [1.54, 1.807) is 12.5 Å². The van der Waals surface area contributed by atoms with Crippen molar-refractivity contribution < 1.29 is 33.6 Å². The number of nitrogen functional groups attached to an aromatic ring is 1. The Balaban J connectivity index is 0.000000172. The third-order valence-corrected chi connectivity index (χ3v) is 8.42. The molecule has 3 aromatic heterocycles. The number of carbonyl (C=O) groups is 1. The van der Waals surface area contributed by atoms with Crippen molar-refractivity contribution in [2.24, 2.45) is 5.92 Å². The van der Waals surface area contributed by atoms with Crippen LogP contribution in [0, 0.1) is 5.92 Å². The Labute approximate surface area is 275 Å². The molecule has 7 rings (SSSR count). The molecular formula is C32H37N8O7P. The first kappa shape index (κ1) is 33.3. The maximum atomic E-state index is 12.2. The monoisotopic (exact) mass is 676 g/mol. The molecule has 0 radical (unpaired) electrons. The Morgan fingerprint density at radius 2 is 1.88 bits per heavy atom. The Hall–Kier alpha value is -4.63. The summed E-state index contributed by atoms with van der Waals surface area (Å²) in [4.78, 5) is 51.6. The van der Waals surface area contributed by atoms with Crippen LogP contribution < -0.4 is 16.5 Å². The van der Waals surface area contributed by atoms with Gasteiger partial charge < -0.3 is 30.2 Å². The average molecular weight is 677 g/mol. The number of aliphatic hydroxyl groups is 1. The van der Waals surface area contributed by atoms with Crippen molar-refractivity contribution in [3.63, 3.8) is 0 Å². The van der Waals surface area contributed by atoms with Crippen LogP contribution in [-0.4, -0.2) is 64.1 Å². The summed E-state index contributed by atoms with van der Waals surface area (Å²) in [7, 11) is -4.96. The standard InChI is InChI=1S/C18H19N2O6P.C14H18N6O/c21-18(26-27(22,23)24)17(20-25-12-13-6-2-1-3-7-13)10-14-11-19-16-9-5-4-8-15(14)16;15-14-18-12(17-9-2-3-9)11-13(19-14)20(7-16-11)10-4-1-8(5-10)6-21/h1-9,11,17,19-20H,10,12H2,(H2,22,23,24);1,4,7-10,21H,2-3,5-6H2,(H3,15,17,18,19)/t17-;8-,10+/m01/s1. The van der Waals surface area contributed by atoms with Gasteiger partial charge in [-0.15, -0.1) is 0 Å². The third-order valence-electron chi connectivity index (χ3n) is 8.00. The zero-order valence-corrected chi connectivity index (χ0v) is 26.7. The number of nitrogens with two attached hydrogens (primary N) is 1. The number of allylic oxidation sites excluding steroid dienone is 1. The average Bonchev–Trinajstić information content (AvgIpc) is 3.41. The Morgan fingerprint density at radius 1 is 1.10 bits per heavy atom. The fourth-order valence-corrected chi connectivity index (χ4v) is 5.83. The number of aliphatic hydroxyl groups excluding tert-OH is 1. The largest absolute Gasteiger partial charge is 0.527 e. The number of phosphoric acid groups is 1. The lowest BCUT2D eigenvalue weighted by molar-refractivity contribution is -0.143. The first-order valence-electron chi connectivity index (χ1n) is 15.5. The molecule has 2 aliphatic carbocycles. The van der Waals surface area contributed by atoms with Gasteiger partial charge in [0, 0.05) is 42.1 Å². The smallest absolute Gasteiger partial charge is 0.396 e. The van der Waals surface area contributed by atoms with E-state index >= 15 is 0 Å². The van der Waals surface area contributed by atoms with Crippen LogP contribution in [0.5, 0.6) is 0 Å². The van der Waals surface area contributed by atoms with Crippen LogP contribution in [0.1, 0.15) is 36.4 Å². The van der Waals surface area contributed by atoms with Crippen LogP contribution in [0.15, 0.2) is 79.3 Å². The van der Waals surface area contributed by atoms with Crippen molar-refractivity contribution >= 4 is 47.6 Å². The highest BCUT2D eigenvalue weighted by atomic mass is 31.2. The van der Waals surface area contributed by atoms with Gasteiger partial charge >= 0.3 is 13.8 Å². The number of carbonyl (C=O) groups excluding carboxylic acids is 1. The summed E-state index contributed by atoms with van der Waals surface area (Å²) in [6.07, 6.45) is 11.0. The highest BCUT2D eigenvalue weighted by Gasteiger charge is 2.29. The quantitative estimate of drug-likeness (QED) is 0.0572. The summed E-state index contributed by atoms with van der Waals surface area (Å²) in [6, 6.07) is 16.3. The van der Waals surface area contributed by atoms with Gasteiger partial charge in [-0.3, -0.25) is 14.6 Å². The normalized spacial score (nSPS) is 18.1. The van der Waals surface area contributed by atoms with E-state index < -0.39 is 19.8 Å². The van der Waals surface area contributed by atoms with Crippen molar-refractivity contribution in [3.05, 3.63) is 90.4 Å². The second-order valence-corrected chi connectivity index (χ2v) is 12.9. The number of hydrogen-bond acceptors (Lipinski definition) is 11. The molecule has 0 unspecified atom stereocenters. The Morgan fingerprint density at radius 3 is 2.60 bits per heavy atom. The number of fused-ring (bicyclic) bond motifs is 2. The van der Waals surface area contributed by atoms with Crippen molar-refractivity contribution in [1.82, 2.24) is 30.0 Å². The van der Waals surface area contributed by atoms with Crippen LogP contribution in [-0.2, 0) is 31.7 Å². The van der Waals surface area contributed by atoms with Gasteiger partial charge in [0.15, 0.2) is 17.0 Å². The fraction of sp³-hybridized carbons (Fsp3) is 0.312. The minimum Gasteiger partial charge on any atom is -0.396 e. The molecule has 3 heterocycles. The number of hydroxylamine groups is 1. The van der Waals surface area contributed by atoms with Crippen molar-refractivity contribution in [3.8, 4) is 0 Å². The predicted molar refractivity (Wildman–Crippen MR) is 178 cm³/mol. The lowest BCUT2D eigenvalue weighted by atomic mass is 10.1. The summed E-state index contributed by atoms with van der Waals surface area (Å²) in [5, 5.41) is 13.5. The second-order valence-electron chi connectivity index (χ2n) is 11.7. The highest BCUT2D eigenvalue weighted by Crippen LogP contribution is 2.37. The SMILES string of the molecule is Nc1nc(NC2CC2)c2ncn([C@H]3C=C[C@@H](CO)C3)c2n1.O=C(OP(=O)(O)O)[C@H](Cc1c[nH]c2ccccc12)NOCc1ccccc1. The molecule has 3 atom stereocenters. The van der Waals surface area contributed by atoms with Gasteiger partial charge in [0.05, 0.1) is 19.0 Å². The minimum absolute atomic E-state index is 0.123. The number of aromatic amines is 1. The van der Waals surface area contributed by atoms with Crippen LogP contribution in [0.3, 0.4) is 0 Å². The van der Waals surface area contributed by atoms with E-state index in [1.807, 2.05) is 65.2 Å². The summed E-state index contributed by atoms with van der Waals surface area (Å²) in [5.74, 6) is 0.0879. The molecule has 0 saturated heterocycles. The molecule has 16 heteroatoms. The van der Waals surface area contributed by atoms with Gasteiger partial charge in [-0.2, -0.15) is 15.4 Å². The highest BCUT2D eigenvalue weighted by molar-refractivity contribution is 7.46. The molecule has 1 fully saturated rings. The van der Waals surface area contributed by atoms with Gasteiger partial charge in [-0.25, -0.2) is 14.3 Å². The number of nitrogens with one attached hydrogen (secondary N) is 3. The van der Waals surface area contributed by atoms with Crippen LogP contribution in [0.2, 0.25) is 0 Å². The van der Waals surface area contributed by atoms with Crippen LogP contribution in [0.25, 0.3) is 22.1 Å². The Kier molecular flexibility index (Phi) is 10.2. The number of nitrogens with zero attached hydrogens (tertiary/aromatic N) is 4. The minimum atomic E-state index is -4.96. The maximum absolute atomic E-state index is 12.2. The topological polar surface area (TPSA) is 223 Å². The molecule has 2 aliphatic rings. The molecular weight excluding hydrogens is 639 g/mol. The number of hydrogen-bond donors (Lipinski definition) is 7. The molecule has 48 heavy (non-hydrogen) atoms. The number of benzene rings is 2. The van der Waals surface area contributed by atoms with E-state index in [-0.39, 0.29) is 37.5 Å². The molecule has 0 amide bonds. The molecule has 8 N–H and O–H groups in total. The molecule has 0 bridgehead atoms. The van der Waals surface area contributed by atoms with E-state index in [0.717, 1.165) is 58.3 Å². The number of imidazole rings is 1. The zero-order chi connectivity index (χ0) is 33.7. The summed E-state index contributed by atoms with van der Waals surface area (Å²) < 4.78 is 17.3. The molecule has 2 aromatic carbocycles. The van der Waals surface area contributed by atoms with E-state index in [0.29, 0.717) is 6.04 Å². The first-order chi connectivity index (χ1) is 23.2. The fourth-order valence-electron chi connectivity index (χ4n) is 5.47. The number of para-hydroxylation sites is 1. The third kappa shape index (κ3) is 8.44. The van der Waals surface area contributed by atoms with Gasteiger partial charge in [0.2, 0.25) is 5.95 Å². The molecule has 0 spiro atoms. The summed E-state index contributed by atoms with van der Waals surface area (Å²) in [5.41, 5.74) is 12.5. The molecule has 1 saturated carbocycles. The number of H-pyrrole nitrogens is 1. The van der Waals surface area contributed by atoms with E-state index in [9.17, 15) is 14.5 Å². The predicted octanol–water partition coefficient (Wildman–Crippen LogP) is 3.53. The van der Waals surface area contributed by atoms with Gasteiger partial charge in [0.1, 0.15) is 6.04 Å². The molecule has 0 aliphatic heterocycles. The molecule has 252 valence electrons. The summed E-state index contributed by atoms with van der Waals surface area (Å²) >= 11 is 0. The zero-order valence-electron chi connectivity index (χ0n) is 25.8. The van der Waals surface area contributed by atoms with E-state index in [4.69, 9.17) is 20.4 Å². The number of phosphoric ester groups is 1. The lowest BCUT2D eigenvalue weighted by Crippen LogP contribution is -2.39. The van der Waals surface area contributed by atoms with Gasteiger partial charge in [0.25, 0.3) is 0 Å². The maximum Gasteiger partial charge on any atom is 0.527 e. The van der Waals surface area contributed by atoms with Crippen LogP contribution in [0.4, 0.5) is 11.8 Å². The number of aromatic nitrogens is 5. The van der Waals surface area contributed by atoms with Crippen LogP contribution >= 0.6 is 7.82 Å². The summed E-state index contributed by atoms with van der Waals surface area (Å²) in [6.45, 7) is 0.347. The van der Waals surface area contributed by atoms with Gasteiger partial charge in [-0.05, 0) is 36.5 Å². The van der Waals surface area contributed by atoms with Crippen molar-refractivity contribution in [2.45, 2.75) is 50.4 Å². The van der Waals surface area contributed by atoms with Crippen molar-refractivity contribution in [2.75, 3.05) is 17.7 Å². The molecule has 15 nitrogen and oxygen atoms in total. The Bertz CT molecular complexity index is 1940. The van der Waals surface area contributed by atoms with E-state index in [2.05, 4.69) is 41.3 Å². The second kappa shape index (κ2) is 14.6. The first-order valence-corrected chi connectivity index (χ1v) is 17.0. The molecule has 5 aromatic rings. The van der Waals surface area contributed by atoms with Gasteiger partial charge in [-0.1, -0.05) is 60.7 Å². The van der Waals surface area contributed by atoms with E-state index in [1.165, 1.54) is 0 Å². The lowest BCUT2D eigenvalue weighted by Gasteiger charge is -2.17. The number of rotatable bonds is 12. The van der Waals surface area contributed by atoms with Crippen molar-refractivity contribution in [1.29, 1.82) is 0 Å².